The largest absolute Gasteiger partial charge is 0.435 e. The van der Waals surface area contributed by atoms with Crippen molar-refractivity contribution in [3.05, 3.63) is 58.6 Å². The third-order valence-electron chi connectivity index (χ3n) is 3.18. The lowest BCUT2D eigenvalue weighted by molar-refractivity contribution is -0.110. The maximum atomic E-state index is 12.1. The van der Waals surface area contributed by atoms with E-state index in [1.807, 2.05) is 0 Å². The van der Waals surface area contributed by atoms with Gasteiger partial charge in [-0.3, -0.25) is 4.79 Å². The molecule has 1 aliphatic rings. The summed E-state index contributed by atoms with van der Waals surface area (Å²) in [4.78, 5) is 12.0. The standard InChI is InChI=1S/C16H10ClF2NO2/c17-10-3-6-14-12(8-10)13(15(21)20-14)7-9-1-4-11(5-2-9)22-16(18)19/h1-8,16H,(H,20,21). The van der Waals surface area contributed by atoms with Gasteiger partial charge in [0.05, 0.1) is 0 Å². The molecule has 0 unspecified atom stereocenters. The van der Waals surface area contributed by atoms with E-state index in [2.05, 4.69) is 10.1 Å². The van der Waals surface area contributed by atoms with Gasteiger partial charge in [0.2, 0.25) is 0 Å². The zero-order valence-electron chi connectivity index (χ0n) is 11.1. The third kappa shape index (κ3) is 2.94. The van der Waals surface area contributed by atoms with Gasteiger partial charge in [0.1, 0.15) is 5.75 Å². The van der Waals surface area contributed by atoms with Crippen LogP contribution in [0.15, 0.2) is 42.5 Å². The molecule has 0 atom stereocenters. The van der Waals surface area contributed by atoms with Crippen LogP contribution in [0.25, 0.3) is 11.6 Å². The van der Waals surface area contributed by atoms with Gasteiger partial charge >= 0.3 is 6.61 Å². The number of hydrogen-bond donors (Lipinski definition) is 1. The Labute approximate surface area is 130 Å². The topological polar surface area (TPSA) is 38.3 Å². The minimum absolute atomic E-state index is 0.0662. The number of carbonyl (C=O) groups excluding carboxylic acids is 1. The second-order valence-electron chi connectivity index (χ2n) is 4.65. The molecule has 3 rings (SSSR count). The number of amides is 1. The van der Waals surface area contributed by atoms with Gasteiger partial charge in [-0.25, -0.2) is 0 Å². The Balaban J connectivity index is 1.92. The molecule has 1 aliphatic heterocycles. The van der Waals surface area contributed by atoms with Gasteiger partial charge in [-0.2, -0.15) is 8.78 Å². The molecular formula is C16H10ClF2NO2. The minimum Gasteiger partial charge on any atom is -0.435 e. The molecule has 1 N–H and O–H groups in total. The molecule has 0 saturated heterocycles. The maximum absolute atomic E-state index is 12.1. The lowest BCUT2D eigenvalue weighted by Crippen LogP contribution is -2.03. The van der Waals surface area contributed by atoms with E-state index < -0.39 is 6.61 Å². The summed E-state index contributed by atoms with van der Waals surface area (Å²) in [5.41, 5.74) is 2.57. The highest BCUT2D eigenvalue weighted by molar-refractivity contribution is 6.36. The Kier molecular flexibility index (Phi) is 3.81. The summed E-state index contributed by atoms with van der Waals surface area (Å²) in [7, 11) is 0. The van der Waals surface area contributed by atoms with E-state index in [0.29, 0.717) is 27.4 Å². The number of anilines is 1. The van der Waals surface area contributed by atoms with E-state index in [4.69, 9.17) is 11.6 Å². The van der Waals surface area contributed by atoms with Crippen molar-refractivity contribution in [3.8, 4) is 5.75 Å². The van der Waals surface area contributed by atoms with Crippen molar-refractivity contribution in [1.82, 2.24) is 0 Å². The SMILES string of the molecule is O=C1Nc2ccc(Cl)cc2C1=Cc1ccc(OC(F)F)cc1. The molecule has 2 aromatic rings. The fourth-order valence-corrected chi connectivity index (χ4v) is 2.39. The number of halogens is 3. The van der Waals surface area contributed by atoms with Crippen LogP contribution in [0.1, 0.15) is 11.1 Å². The molecular weight excluding hydrogens is 312 g/mol. The summed E-state index contributed by atoms with van der Waals surface area (Å²) >= 11 is 5.95. The molecule has 0 aromatic heterocycles. The fourth-order valence-electron chi connectivity index (χ4n) is 2.22. The first-order valence-electron chi connectivity index (χ1n) is 6.41. The number of fused-ring (bicyclic) bond motifs is 1. The summed E-state index contributed by atoms with van der Waals surface area (Å²) < 4.78 is 28.5. The molecule has 0 fully saturated rings. The Bertz CT molecular complexity index is 757. The zero-order chi connectivity index (χ0) is 15.7. The van der Waals surface area contributed by atoms with Gasteiger partial charge in [0.25, 0.3) is 5.91 Å². The average Bonchev–Trinajstić information content (AvgIpc) is 2.76. The second kappa shape index (κ2) is 5.77. The Hall–Kier alpha value is -2.40. The van der Waals surface area contributed by atoms with E-state index in [0.717, 1.165) is 0 Å². The van der Waals surface area contributed by atoms with Crippen LogP contribution in [0.4, 0.5) is 14.5 Å². The highest BCUT2D eigenvalue weighted by Gasteiger charge is 2.24. The lowest BCUT2D eigenvalue weighted by Gasteiger charge is -2.04. The normalized spacial score (nSPS) is 15.1. The van der Waals surface area contributed by atoms with Gasteiger partial charge in [0.15, 0.2) is 0 Å². The number of benzene rings is 2. The van der Waals surface area contributed by atoms with Crippen LogP contribution >= 0.6 is 11.6 Å². The molecule has 22 heavy (non-hydrogen) atoms. The highest BCUT2D eigenvalue weighted by Crippen LogP contribution is 2.35. The first-order valence-corrected chi connectivity index (χ1v) is 6.78. The Morgan fingerprint density at radius 1 is 1.14 bits per heavy atom. The molecule has 2 aromatic carbocycles. The average molecular weight is 322 g/mol. The summed E-state index contributed by atoms with van der Waals surface area (Å²) in [5.74, 6) is -0.165. The van der Waals surface area contributed by atoms with Gasteiger partial charge in [-0.15, -0.1) is 0 Å². The molecule has 0 aliphatic carbocycles. The van der Waals surface area contributed by atoms with E-state index in [1.54, 1.807) is 36.4 Å². The molecule has 3 nitrogen and oxygen atoms in total. The van der Waals surface area contributed by atoms with Crippen molar-refractivity contribution >= 4 is 34.8 Å². The molecule has 6 heteroatoms. The third-order valence-corrected chi connectivity index (χ3v) is 3.42. The first kappa shape index (κ1) is 14.5. The van der Waals surface area contributed by atoms with Crippen LogP contribution in [-0.2, 0) is 4.79 Å². The summed E-state index contributed by atoms with van der Waals surface area (Å²) in [5, 5.41) is 3.27. The summed E-state index contributed by atoms with van der Waals surface area (Å²) in [6.45, 7) is -2.86. The van der Waals surface area contributed by atoms with Crippen LogP contribution in [0.3, 0.4) is 0 Å². The molecule has 0 spiro atoms. The Morgan fingerprint density at radius 3 is 2.55 bits per heavy atom. The highest BCUT2D eigenvalue weighted by atomic mass is 35.5. The molecule has 0 bridgehead atoms. The molecule has 112 valence electrons. The number of ether oxygens (including phenoxy) is 1. The van der Waals surface area contributed by atoms with Crippen molar-refractivity contribution in [2.75, 3.05) is 5.32 Å². The maximum Gasteiger partial charge on any atom is 0.387 e. The first-order chi connectivity index (χ1) is 10.5. The molecule has 1 heterocycles. The van der Waals surface area contributed by atoms with Gasteiger partial charge < -0.3 is 10.1 Å². The quantitative estimate of drug-likeness (QED) is 0.849. The van der Waals surface area contributed by atoms with Gasteiger partial charge in [0, 0.05) is 21.8 Å². The summed E-state index contributed by atoms with van der Waals surface area (Å²) in [6, 6.07) is 11.2. The fraction of sp³-hybridized carbons (Fsp3) is 0.0625. The van der Waals surface area contributed by atoms with E-state index >= 15 is 0 Å². The smallest absolute Gasteiger partial charge is 0.387 e. The number of carbonyl (C=O) groups is 1. The predicted octanol–water partition coefficient (Wildman–Crippen LogP) is 4.43. The van der Waals surface area contributed by atoms with E-state index in [-0.39, 0.29) is 11.7 Å². The Morgan fingerprint density at radius 2 is 1.86 bits per heavy atom. The van der Waals surface area contributed by atoms with Gasteiger partial charge in [-0.1, -0.05) is 23.7 Å². The van der Waals surface area contributed by atoms with Crippen molar-refractivity contribution < 1.29 is 18.3 Å². The minimum atomic E-state index is -2.86. The second-order valence-corrected chi connectivity index (χ2v) is 5.09. The zero-order valence-corrected chi connectivity index (χ0v) is 11.9. The number of hydrogen-bond acceptors (Lipinski definition) is 2. The number of alkyl halides is 2. The monoisotopic (exact) mass is 321 g/mol. The van der Waals surface area contributed by atoms with E-state index in [1.165, 1.54) is 12.1 Å². The molecule has 1 amide bonds. The van der Waals surface area contributed by atoms with Crippen LogP contribution in [0, 0.1) is 0 Å². The summed E-state index contributed by atoms with van der Waals surface area (Å²) in [6.07, 6.45) is 1.67. The predicted molar refractivity (Wildman–Crippen MR) is 81.0 cm³/mol. The van der Waals surface area contributed by atoms with Crippen molar-refractivity contribution in [2.45, 2.75) is 6.61 Å². The van der Waals surface area contributed by atoms with Crippen molar-refractivity contribution in [1.29, 1.82) is 0 Å². The molecule has 0 saturated carbocycles. The van der Waals surface area contributed by atoms with Crippen molar-refractivity contribution in [2.24, 2.45) is 0 Å². The van der Waals surface area contributed by atoms with E-state index in [9.17, 15) is 13.6 Å². The van der Waals surface area contributed by atoms with Crippen LogP contribution < -0.4 is 10.1 Å². The number of rotatable bonds is 3. The number of nitrogens with one attached hydrogen (secondary N) is 1. The van der Waals surface area contributed by atoms with Crippen LogP contribution in [0.5, 0.6) is 5.75 Å². The molecule has 0 radical (unpaired) electrons. The van der Waals surface area contributed by atoms with Crippen molar-refractivity contribution in [3.63, 3.8) is 0 Å². The van der Waals surface area contributed by atoms with Gasteiger partial charge in [-0.05, 0) is 42.0 Å². The van der Waals surface area contributed by atoms with Crippen LogP contribution in [-0.4, -0.2) is 12.5 Å². The lowest BCUT2D eigenvalue weighted by atomic mass is 10.0. The van der Waals surface area contributed by atoms with Crippen LogP contribution in [0.2, 0.25) is 5.02 Å².